The Morgan fingerprint density at radius 2 is 1.58 bits per heavy atom. The van der Waals surface area contributed by atoms with Crippen molar-refractivity contribution < 1.29 is 0 Å². The Morgan fingerprint density at radius 3 is 2.12 bits per heavy atom. The van der Waals surface area contributed by atoms with E-state index in [0.29, 0.717) is 11.8 Å². The van der Waals surface area contributed by atoms with Crippen LogP contribution in [0.2, 0.25) is 0 Å². The number of benzene rings is 1. The third kappa shape index (κ3) is 4.26. The minimum absolute atomic E-state index is 0.312. The van der Waals surface area contributed by atoms with Gasteiger partial charge in [0.2, 0.25) is 0 Å². The summed E-state index contributed by atoms with van der Waals surface area (Å²) in [5, 5.41) is 9.06. The van der Waals surface area contributed by atoms with Gasteiger partial charge in [-0.05, 0) is 36.5 Å². The molecule has 1 unspecified atom stereocenters. The molecule has 1 aromatic carbocycles. The van der Waals surface area contributed by atoms with Gasteiger partial charge in [0.25, 0.3) is 0 Å². The monoisotopic (exact) mass is 321 g/mol. The van der Waals surface area contributed by atoms with Crippen molar-refractivity contribution in [3.8, 4) is 6.07 Å². The van der Waals surface area contributed by atoms with Crippen LogP contribution in [0.1, 0.15) is 80.7 Å². The van der Waals surface area contributed by atoms with Gasteiger partial charge >= 0.3 is 0 Å². The number of hydrogen-bond acceptors (Lipinski definition) is 2. The predicted octanol–water partition coefficient (Wildman–Crippen LogP) is 5.55. The highest BCUT2D eigenvalue weighted by atomic mass is 14.9. The van der Waals surface area contributed by atoms with E-state index in [0.717, 1.165) is 11.4 Å². The van der Waals surface area contributed by atoms with Gasteiger partial charge in [0, 0.05) is 18.3 Å². The average Bonchev–Trinajstić information content (AvgIpc) is 3.15. The zero-order valence-electron chi connectivity index (χ0n) is 14.4. The van der Waals surface area contributed by atoms with Crippen molar-refractivity contribution in [2.75, 3.05) is 0 Å². The van der Waals surface area contributed by atoms with Gasteiger partial charge in [0.05, 0.1) is 11.6 Å². The van der Waals surface area contributed by atoms with Crippen molar-refractivity contribution in [2.24, 2.45) is 5.92 Å². The SMILES string of the molecule is N#Cc1ccc(C(c2ncc[nH]2)C2CCCCCCCCC2)cc1. The Labute approximate surface area is 145 Å². The molecule has 1 aliphatic carbocycles. The van der Waals surface area contributed by atoms with Gasteiger partial charge < -0.3 is 4.98 Å². The van der Waals surface area contributed by atoms with E-state index in [9.17, 15) is 0 Å². The third-order valence-electron chi connectivity index (χ3n) is 5.33. The Morgan fingerprint density at radius 1 is 0.958 bits per heavy atom. The molecule has 0 bridgehead atoms. The minimum Gasteiger partial charge on any atom is -0.348 e. The van der Waals surface area contributed by atoms with E-state index in [1.165, 1.54) is 63.4 Å². The fraction of sp³-hybridized carbons (Fsp3) is 0.524. The van der Waals surface area contributed by atoms with E-state index in [1.807, 2.05) is 24.5 Å². The highest BCUT2D eigenvalue weighted by Crippen LogP contribution is 2.37. The number of aromatic amines is 1. The van der Waals surface area contributed by atoms with Crippen LogP contribution in [0.25, 0.3) is 0 Å². The van der Waals surface area contributed by atoms with Crippen LogP contribution in [0.5, 0.6) is 0 Å². The molecule has 1 aromatic heterocycles. The van der Waals surface area contributed by atoms with Gasteiger partial charge in [0.1, 0.15) is 5.82 Å². The maximum atomic E-state index is 9.06. The molecule has 24 heavy (non-hydrogen) atoms. The molecule has 0 saturated heterocycles. The van der Waals surface area contributed by atoms with Gasteiger partial charge in [-0.1, -0.05) is 57.1 Å². The van der Waals surface area contributed by atoms with Gasteiger partial charge in [0.15, 0.2) is 0 Å². The molecule has 1 N–H and O–H groups in total. The number of aromatic nitrogens is 2. The van der Waals surface area contributed by atoms with Gasteiger partial charge in [-0.25, -0.2) is 4.98 Å². The zero-order chi connectivity index (χ0) is 16.6. The van der Waals surface area contributed by atoms with E-state index in [1.54, 1.807) is 0 Å². The van der Waals surface area contributed by atoms with E-state index >= 15 is 0 Å². The largest absolute Gasteiger partial charge is 0.348 e. The molecule has 3 rings (SSSR count). The molecule has 0 radical (unpaired) electrons. The van der Waals surface area contributed by atoms with Crippen LogP contribution in [0.3, 0.4) is 0 Å². The lowest BCUT2D eigenvalue weighted by Gasteiger charge is -2.27. The molecule has 3 nitrogen and oxygen atoms in total. The van der Waals surface area contributed by atoms with Crippen LogP contribution in [-0.4, -0.2) is 9.97 Å². The molecule has 0 amide bonds. The van der Waals surface area contributed by atoms with Crippen molar-refractivity contribution in [3.05, 3.63) is 53.6 Å². The van der Waals surface area contributed by atoms with E-state index < -0.39 is 0 Å². The average molecular weight is 321 g/mol. The van der Waals surface area contributed by atoms with Crippen molar-refractivity contribution >= 4 is 0 Å². The summed E-state index contributed by atoms with van der Waals surface area (Å²) in [4.78, 5) is 7.94. The number of rotatable bonds is 3. The first kappa shape index (κ1) is 16.8. The summed E-state index contributed by atoms with van der Waals surface area (Å²) >= 11 is 0. The first-order chi connectivity index (χ1) is 11.9. The topological polar surface area (TPSA) is 52.5 Å². The van der Waals surface area contributed by atoms with Crippen LogP contribution < -0.4 is 0 Å². The van der Waals surface area contributed by atoms with Crippen molar-refractivity contribution in [2.45, 2.75) is 63.7 Å². The van der Waals surface area contributed by atoms with Crippen molar-refractivity contribution in [1.82, 2.24) is 9.97 Å². The van der Waals surface area contributed by atoms with Gasteiger partial charge in [-0.15, -0.1) is 0 Å². The van der Waals surface area contributed by atoms with Gasteiger partial charge in [-0.3, -0.25) is 0 Å². The lowest BCUT2D eigenvalue weighted by Crippen LogP contribution is -2.17. The second kappa shape index (κ2) is 8.68. The molecule has 1 aliphatic rings. The summed E-state index contributed by atoms with van der Waals surface area (Å²) < 4.78 is 0. The summed E-state index contributed by atoms with van der Waals surface area (Å²) in [6, 6.07) is 10.3. The second-order valence-electron chi connectivity index (χ2n) is 7.00. The second-order valence-corrected chi connectivity index (χ2v) is 7.00. The lowest BCUT2D eigenvalue weighted by atomic mass is 9.78. The minimum atomic E-state index is 0.312. The first-order valence-corrected chi connectivity index (χ1v) is 9.38. The van der Waals surface area contributed by atoms with E-state index in [4.69, 9.17) is 5.26 Å². The molecule has 1 fully saturated rings. The number of imidazole rings is 1. The Balaban J connectivity index is 1.86. The van der Waals surface area contributed by atoms with Crippen LogP contribution in [0, 0.1) is 17.2 Å². The summed E-state index contributed by atoms with van der Waals surface area (Å²) in [6.45, 7) is 0. The Hall–Kier alpha value is -2.08. The quantitative estimate of drug-likeness (QED) is 0.805. The molecule has 3 heteroatoms. The number of nitrogens with zero attached hydrogens (tertiary/aromatic N) is 2. The first-order valence-electron chi connectivity index (χ1n) is 9.38. The number of hydrogen-bond donors (Lipinski definition) is 1. The zero-order valence-corrected chi connectivity index (χ0v) is 14.4. The normalized spacial score (nSPS) is 18.6. The smallest absolute Gasteiger partial charge is 0.113 e. The number of nitriles is 1. The summed E-state index contributed by atoms with van der Waals surface area (Å²) in [5.74, 6) is 2.01. The van der Waals surface area contributed by atoms with Crippen LogP contribution in [0.4, 0.5) is 0 Å². The van der Waals surface area contributed by atoms with E-state index in [-0.39, 0.29) is 0 Å². The standard InChI is InChI=1S/C21H27N3/c22-16-17-10-12-19(13-11-17)20(21-23-14-15-24-21)18-8-6-4-2-1-3-5-7-9-18/h10-15,18,20H,1-9H2,(H,23,24). The van der Waals surface area contributed by atoms with Crippen LogP contribution >= 0.6 is 0 Å². The molecule has 1 atom stereocenters. The lowest BCUT2D eigenvalue weighted by molar-refractivity contribution is 0.351. The third-order valence-corrected chi connectivity index (χ3v) is 5.33. The number of nitrogens with one attached hydrogen (secondary N) is 1. The van der Waals surface area contributed by atoms with Crippen molar-refractivity contribution in [1.29, 1.82) is 5.26 Å². The Kier molecular flexibility index (Phi) is 6.07. The predicted molar refractivity (Wildman–Crippen MR) is 96.6 cm³/mol. The van der Waals surface area contributed by atoms with Crippen LogP contribution in [-0.2, 0) is 0 Å². The molecule has 0 aliphatic heterocycles. The summed E-state index contributed by atoms with van der Waals surface area (Å²) in [7, 11) is 0. The van der Waals surface area contributed by atoms with E-state index in [2.05, 4.69) is 28.2 Å². The molecule has 0 spiro atoms. The Bertz CT molecular complexity index is 627. The maximum absolute atomic E-state index is 9.06. The highest BCUT2D eigenvalue weighted by Gasteiger charge is 2.26. The maximum Gasteiger partial charge on any atom is 0.113 e. The highest BCUT2D eigenvalue weighted by molar-refractivity contribution is 5.35. The molecular formula is C21H27N3. The molecule has 1 heterocycles. The van der Waals surface area contributed by atoms with Gasteiger partial charge in [-0.2, -0.15) is 5.26 Å². The fourth-order valence-electron chi connectivity index (χ4n) is 4.04. The molecular weight excluding hydrogens is 294 g/mol. The summed E-state index contributed by atoms with van der Waals surface area (Å²) in [6.07, 6.45) is 15.8. The van der Waals surface area contributed by atoms with Crippen LogP contribution in [0.15, 0.2) is 36.7 Å². The molecule has 2 aromatic rings. The number of H-pyrrole nitrogens is 1. The molecule has 1 saturated carbocycles. The fourth-order valence-corrected chi connectivity index (χ4v) is 4.04. The van der Waals surface area contributed by atoms with Crippen molar-refractivity contribution in [3.63, 3.8) is 0 Å². The summed E-state index contributed by atoms with van der Waals surface area (Å²) in [5.41, 5.74) is 2.01. The molecule has 126 valence electrons.